The van der Waals surface area contributed by atoms with Crippen molar-refractivity contribution in [3.8, 4) is 11.5 Å². The normalized spacial score (nSPS) is 19.4. The minimum atomic E-state index is -1.08. The monoisotopic (exact) mass is 402 g/mol. The molecule has 2 aromatic rings. The fraction of sp³-hybridized carbons (Fsp3) is 0.545. The first-order valence-corrected chi connectivity index (χ1v) is 10.1. The molecule has 0 radical (unpaired) electrons. The molecule has 7 nitrogen and oxygen atoms in total. The predicted octanol–water partition coefficient (Wildman–Crippen LogP) is 2.42. The van der Waals surface area contributed by atoms with Crippen molar-refractivity contribution in [1.82, 2.24) is 0 Å². The van der Waals surface area contributed by atoms with Crippen LogP contribution >= 0.6 is 0 Å². The van der Waals surface area contributed by atoms with Gasteiger partial charge in [-0.25, -0.2) is 0 Å². The van der Waals surface area contributed by atoms with E-state index in [2.05, 4.69) is 0 Å². The van der Waals surface area contributed by atoms with Crippen LogP contribution in [0.2, 0.25) is 0 Å². The molecule has 1 aliphatic carbocycles. The molecule has 2 aliphatic rings. The van der Waals surface area contributed by atoms with Gasteiger partial charge in [0.25, 0.3) is 0 Å². The molecule has 29 heavy (non-hydrogen) atoms. The molecule has 2 heterocycles. The van der Waals surface area contributed by atoms with Crippen molar-refractivity contribution in [3.63, 3.8) is 0 Å². The maximum absolute atomic E-state index is 13.3. The molecule has 1 atom stereocenters. The zero-order valence-corrected chi connectivity index (χ0v) is 16.7. The number of benzene rings is 1. The van der Waals surface area contributed by atoms with Crippen LogP contribution in [0.3, 0.4) is 0 Å². The molecule has 1 fully saturated rings. The number of carbonyl (C=O) groups is 1. The summed E-state index contributed by atoms with van der Waals surface area (Å²) < 4.78 is 18.1. The van der Waals surface area contributed by atoms with E-state index in [0.717, 1.165) is 31.2 Å². The molecule has 0 saturated heterocycles. The Bertz CT molecular complexity index is 993. The SMILES string of the molecule is CC(C)(O)C1Cc2c(cc3oc(CO)c(CC=O)c(=O)c3c2OC2CCCC2)O1. The van der Waals surface area contributed by atoms with E-state index in [-0.39, 0.29) is 40.2 Å². The Labute approximate surface area is 168 Å². The summed E-state index contributed by atoms with van der Waals surface area (Å²) in [5, 5.41) is 20.3. The minimum Gasteiger partial charge on any atom is -0.489 e. The van der Waals surface area contributed by atoms with Crippen LogP contribution in [0.25, 0.3) is 11.0 Å². The van der Waals surface area contributed by atoms with Crippen molar-refractivity contribution in [2.75, 3.05) is 0 Å². The van der Waals surface area contributed by atoms with Crippen molar-refractivity contribution in [3.05, 3.63) is 33.2 Å². The molecule has 1 aliphatic heterocycles. The highest BCUT2D eigenvalue weighted by Gasteiger charge is 2.38. The maximum Gasteiger partial charge on any atom is 0.200 e. The highest BCUT2D eigenvalue weighted by atomic mass is 16.5. The molecule has 1 aromatic carbocycles. The lowest BCUT2D eigenvalue weighted by molar-refractivity contribution is -0.107. The number of aldehydes is 1. The van der Waals surface area contributed by atoms with Gasteiger partial charge in [-0.05, 0) is 39.5 Å². The zero-order valence-electron chi connectivity index (χ0n) is 16.7. The quantitative estimate of drug-likeness (QED) is 0.715. The van der Waals surface area contributed by atoms with Gasteiger partial charge in [0.1, 0.15) is 47.2 Å². The fourth-order valence-electron chi connectivity index (χ4n) is 4.21. The summed E-state index contributed by atoms with van der Waals surface area (Å²) >= 11 is 0. The number of aliphatic hydroxyl groups is 2. The van der Waals surface area contributed by atoms with E-state index in [0.29, 0.717) is 24.2 Å². The number of ether oxygens (including phenoxy) is 2. The topological polar surface area (TPSA) is 106 Å². The summed E-state index contributed by atoms with van der Waals surface area (Å²) in [4.78, 5) is 24.4. The van der Waals surface area contributed by atoms with Gasteiger partial charge in [0.05, 0.1) is 11.7 Å². The third kappa shape index (κ3) is 3.53. The zero-order chi connectivity index (χ0) is 20.8. The van der Waals surface area contributed by atoms with Crippen LogP contribution in [0.4, 0.5) is 0 Å². The molecule has 4 rings (SSSR count). The van der Waals surface area contributed by atoms with Gasteiger partial charge in [-0.3, -0.25) is 4.79 Å². The number of aliphatic hydroxyl groups excluding tert-OH is 1. The van der Waals surface area contributed by atoms with Crippen LogP contribution in [-0.4, -0.2) is 34.3 Å². The molecule has 2 N–H and O–H groups in total. The second-order valence-electron chi connectivity index (χ2n) is 8.41. The summed E-state index contributed by atoms with van der Waals surface area (Å²) in [6.07, 6.45) is 4.34. The average molecular weight is 402 g/mol. The van der Waals surface area contributed by atoms with Gasteiger partial charge < -0.3 is 28.9 Å². The highest BCUT2D eigenvalue weighted by molar-refractivity contribution is 5.88. The van der Waals surface area contributed by atoms with Crippen molar-refractivity contribution in [2.24, 2.45) is 0 Å². The number of rotatable bonds is 6. The predicted molar refractivity (Wildman–Crippen MR) is 105 cm³/mol. The van der Waals surface area contributed by atoms with Crippen molar-refractivity contribution >= 4 is 17.3 Å². The minimum absolute atomic E-state index is 0.00248. The Morgan fingerprint density at radius 3 is 2.66 bits per heavy atom. The molecule has 156 valence electrons. The first kappa shape index (κ1) is 19.9. The average Bonchev–Trinajstić information content (AvgIpc) is 3.32. The lowest BCUT2D eigenvalue weighted by atomic mass is 9.95. The molecule has 1 aromatic heterocycles. The number of carbonyl (C=O) groups excluding carboxylic acids is 1. The van der Waals surface area contributed by atoms with E-state index in [1.165, 1.54) is 0 Å². The van der Waals surface area contributed by atoms with Crippen molar-refractivity contribution in [1.29, 1.82) is 0 Å². The largest absolute Gasteiger partial charge is 0.489 e. The van der Waals surface area contributed by atoms with Crippen LogP contribution in [0, 0.1) is 0 Å². The van der Waals surface area contributed by atoms with E-state index >= 15 is 0 Å². The molecule has 0 amide bonds. The van der Waals surface area contributed by atoms with E-state index in [4.69, 9.17) is 13.9 Å². The molecular weight excluding hydrogens is 376 g/mol. The standard InChI is InChI=1S/C22H26O7/c1-22(2,26)18-9-14-15(29-18)10-16-19(21(14)27-12-5-3-4-6-12)20(25)13(7-8-23)17(11-24)28-16/h8,10,12,18,24,26H,3-7,9,11H2,1-2H3. The second-order valence-corrected chi connectivity index (χ2v) is 8.41. The van der Waals surface area contributed by atoms with Crippen LogP contribution in [-0.2, 0) is 24.2 Å². The number of hydrogen-bond acceptors (Lipinski definition) is 7. The third-order valence-corrected chi connectivity index (χ3v) is 5.84. The summed E-state index contributed by atoms with van der Waals surface area (Å²) in [6.45, 7) is 2.86. The van der Waals surface area contributed by atoms with Gasteiger partial charge in [0.15, 0.2) is 5.43 Å². The Morgan fingerprint density at radius 2 is 2.03 bits per heavy atom. The van der Waals surface area contributed by atoms with Gasteiger partial charge in [-0.2, -0.15) is 0 Å². The van der Waals surface area contributed by atoms with Crippen molar-refractivity contribution in [2.45, 2.75) is 76.8 Å². The summed E-state index contributed by atoms with van der Waals surface area (Å²) in [5.41, 5.74) is -0.324. The Hall–Kier alpha value is -2.38. The molecule has 1 unspecified atom stereocenters. The Kier molecular flexibility index (Phi) is 5.12. The molecule has 1 saturated carbocycles. The van der Waals surface area contributed by atoms with Gasteiger partial charge in [-0.15, -0.1) is 0 Å². The molecule has 0 bridgehead atoms. The fourth-order valence-corrected chi connectivity index (χ4v) is 4.21. The van der Waals surface area contributed by atoms with Crippen molar-refractivity contribution < 1.29 is 28.9 Å². The van der Waals surface area contributed by atoms with E-state index in [1.54, 1.807) is 19.9 Å². The Balaban J connectivity index is 1.94. The van der Waals surface area contributed by atoms with Crippen LogP contribution in [0.5, 0.6) is 11.5 Å². The summed E-state index contributed by atoms with van der Waals surface area (Å²) in [6, 6.07) is 1.61. The number of hydrogen-bond donors (Lipinski definition) is 2. The number of fused-ring (bicyclic) bond motifs is 2. The van der Waals surface area contributed by atoms with Gasteiger partial charge in [0, 0.05) is 30.0 Å². The van der Waals surface area contributed by atoms with Gasteiger partial charge in [0.2, 0.25) is 0 Å². The van der Waals surface area contributed by atoms with E-state index in [9.17, 15) is 19.8 Å². The molecule has 0 spiro atoms. The molecule has 7 heteroatoms. The van der Waals surface area contributed by atoms with Crippen LogP contribution < -0.4 is 14.9 Å². The maximum atomic E-state index is 13.3. The van der Waals surface area contributed by atoms with Gasteiger partial charge in [-0.1, -0.05) is 0 Å². The third-order valence-electron chi connectivity index (χ3n) is 5.84. The lowest BCUT2D eigenvalue weighted by Gasteiger charge is -2.24. The van der Waals surface area contributed by atoms with E-state index < -0.39 is 18.3 Å². The first-order chi connectivity index (χ1) is 13.8. The molecular formula is C22H26O7. The summed E-state index contributed by atoms with van der Waals surface area (Å²) in [7, 11) is 0. The second kappa shape index (κ2) is 7.46. The van der Waals surface area contributed by atoms with Crippen LogP contribution in [0.1, 0.15) is 56.4 Å². The van der Waals surface area contributed by atoms with E-state index in [1.807, 2.05) is 0 Å². The highest BCUT2D eigenvalue weighted by Crippen LogP contribution is 2.44. The van der Waals surface area contributed by atoms with Crippen LogP contribution in [0.15, 0.2) is 15.3 Å². The smallest absolute Gasteiger partial charge is 0.200 e. The lowest BCUT2D eigenvalue weighted by Crippen LogP contribution is -2.39. The first-order valence-electron chi connectivity index (χ1n) is 10.1. The Morgan fingerprint density at radius 1 is 1.31 bits per heavy atom. The van der Waals surface area contributed by atoms with Gasteiger partial charge >= 0.3 is 0 Å². The summed E-state index contributed by atoms with van der Waals surface area (Å²) in [5.74, 6) is 0.993.